The summed E-state index contributed by atoms with van der Waals surface area (Å²) in [6.45, 7) is 0. The van der Waals surface area contributed by atoms with Gasteiger partial charge in [-0.25, -0.2) is 4.79 Å². The molecule has 2 N–H and O–H groups in total. The fraction of sp³-hybridized carbons (Fsp3) is 0.333. The van der Waals surface area contributed by atoms with Crippen LogP contribution in [0.3, 0.4) is 0 Å². The zero-order chi connectivity index (χ0) is 15.5. The molecule has 2 aromatic carbocycles. The van der Waals surface area contributed by atoms with Crippen LogP contribution in [0.1, 0.15) is 42.5 Å². The van der Waals surface area contributed by atoms with E-state index in [1.807, 2.05) is 18.2 Å². The highest BCUT2D eigenvalue weighted by atomic mass is 16.4. The van der Waals surface area contributed by atoms with E-state index in [4.69, 9.17) is 5.11 Å². The quantitative estimate of drug-likeness (QED) is 0.898. The third-order valence-electron chi connectivity index (χ3n) is 4.33. The zero-order valence-electron chi connectivity index (χ0n) is 12.3. The molecule has 0 aliphatic heterocycles. The second kappa shape index (κ2) is 6.18. The van der Waals surface area contributed by atoms with Crippen LogP contribution in [-0.2, 0) is 4.79 Å². The number of benzene rings is 2. The zero-order valence-corrected chi connectivity index (χ0v) is 12.3. The molecule has 1 aliphatic rings. The SMILES string of the molecule is O=C(O)c1ccc2cc(NC(=O)C3CCCCC3)ccc2c1. The van der Waals surface area contributed by atoms with Gasteiger partial charge in [-0.2, -0.15) is 0 Å². The van der Waals surface area contributed by atoms with Crippen LogP contribution in [0.2, 0.25) is 0 Å². The summed E-state index contributed by atoms with van der Waals surface area (Å²) in [6, 6.07) is 10.6. The van der Waals surface area contributed by atoms with Crippen molar-refractivity contribution in [3.63, 3.8) is 0 Å². The highest BCUT2D eigenvalue weighted by molar-refractivity contribution is 5.98. The minimum Gasteiger partial charge on any atom is -0.478 e. The lowest BCUT2D eigenvalue weighted by atomic mass is 9.88. The number of carboxylic acid groups (broad SMARTS) is 1. The first-order valence-electron chi connectivity index (χ1n) is 7.71. The molecule has 4 nitrogen and oxygen atoms in total. The number of anilines is 1. The van der Waals surface area contributed by atoms with Crippen molar-refractivity contribution in [2.24, 2.45) is 5.92 Å². The van der Waals surface area contributed by atoms with E-state index in [-0.39, 0.29) is 17.4 Å². The molecular formula is C18H19NO3. The van der Waals surface area contributed by atoms with Gasteiger partial charge in [0, 0.05) is 11.6 Å². The fourth-order valence-electron chi connectivity index (χ4n) is 3.07. The Morgan fingerprint density at radius 3 is 2.36 bits per heavy atom. The maximum atomic E-state index is 12.3. The first kappa shape index (κ1) is 14.6. The predicted molar refractivity (Wildman–Crippen MR) is 86.1 cm³/mol. The Bertz CT molecular complexity index is 717. The van der Waals surface area contributed by atoms with Gasteiger partial charge < -0.3 is 10.4 Å². The Hall–Kier alpha value is -2.36. The van der Waals surface area contributed by atoms with E-state index in [1.165, 1.54) is 6.42 Å². The van der Waals surface area contributed by atoms with Gasteiger partial charge in [0.05, 0.1) is 5.56 Å². The van der Waals surface area contributed by atoms with Crippen LogP contribution >= 0.6 is 0 Å². The molecule has 0 radical (unpaired) electrons. The van der Waals surface area contributed by atoms with Gasteiger partial charge in [0.2, 0.25) is 5.91 Å². The van der Waals surface area contributed by atoms with Crippen molar-refractivity contribution >= 4 is 28.3 Å². The van der Waals surface area contributed by atoms with E-state index in [2.05, 4.69) is 5.32 Å². The molecular weight excluding hydrogens is 278 g/mol. The number of amides is 1. The van der Waals surface area contributed by atoms with Gasteiger partial charge in [-0.1, -0.05) is 31.4 Å². The highest BCUT2D eigenvalue weighted by Gasteiger charge is 2.21. The third-order valence-corrected chi connectivity index (χ3v) is 4.33. The van der Waals surface area contributed by atoms with Gasteiger partial charge >= 0.3 is 5.97 Å². The highest BCUT2D eigenvalue weighted by Crippen LogP contribution is 2.26. The molecule has 0 spiro atoms. The lowest BCUT2D eigenvalue weighted by molar-refractivity contribution is -0.120. The van der Waals surface area contributed by atoms with Crippen molar-refractivity contribution in [1.29, 1.82) is 0 Å². The van der Waals surface area contributed by atoms with E-state index in [1.54, 1.807) is 18.2 Å². The van der Waals surface area contributed by atoms with Gasteiger partial charge in [-0.05, 0) is 47.9 Å². The molecule has 1 aliphatic carbocycles. The summed E-state index contributed by atoms with van der Waals surface area (Å²) in [5, 5.41) is 13.8. The molecule has 2 aromatic rings. The third kappa shape index (κ3) is 3.11. The topological polar surface area (TPSA) is 66.4 Å². The molecule has 3 rings (SSSR count). The second-order valence-electron chi connectivity index (χ2n) is 5.91. The number of carboxylic acids is 1. The molecule has 1 amide bonds. The molecule has 0 heterocycles. The van der Waals surface area contributed by atoms with Crippen molar-refractivity contribution in [3.05, 3.63) is 42.0 Å². The van der Waals surface area contributed by atoms with Crippen LogP contribution in [0.15, 0.2) is 36.4 Å². The Labute approximate surface area is 129 Å². The number of carbonyl (C=O) groups excluding carboxylic acids is 1. The van der Waals surface area contributed by atoms with Crippen molar-refractivity contribution in [3.8, 4) is 0 Å². The van der Waals surface area contributed by atoms with Crippen LogP contribution in [0.25, 0.3) is 10.8 Å². The maximum Gasteiger partial charge on any atom is 0.335 e. The lowest BCUT2D eigenvalue weighted by Crippen LogP contribution is -2.24. The summed E-state index contributed by atoms with van der Waals surface area (Å²) in [4.78, 5) is 23.2. The van der Waals surface area contributed by atoms with Crippen molar-refractivity contribution in [2.45, 2.75) is 32.1 Å². The summed E-state index contributed by atoms with van der Waals surface area (Å²) in [5.74, 6) is -0.711. The molecule has 1 saturated carbocycles. The Morgan fingerprint density at radius 1 is 0.955 bits per heavy atom. The Kier molecular flexibility index (Phi) is 4.09. The van der Waals surface area contributed by atoms with Crippen LogP contribution in [-0.4, -0.2) is 17.0 Å². The number of hydrogen-bond donors (Lipinski definition) is 2. The number of hydrogen-bond acceptors (Lipinski definition) is 2. The number of carbonyl (C=O) groups is 2. The standard InChI is InChI=1S/C18H19NO3/c20-17(12-4-2-1-3-5-12)19-16-9-8-13-10-15(18(21)22)7-6-14(13)11-16/h6-12H,1-5H2,(H,19,20)(H,21,22). The van der Waals surface area contributed by atoms with Crippen LogP contribution in [0.4, 0.5) is 5.69 Å². The van der Waals surface area contributed by atoms with Gasteiger partial charge in [-0.15, -0.1) is 0 Å². The molecule has 22 heavy (non-hydrogen) atoms. The summed E-state index contributed by atoms with van der Waals surface area (Å²) in [5.41, 5.74) is 1.04. The fourth-order valence-corrected chi connectivity index (χ4v) is 3.07. The average molecular weight is 297 g/mol. The molecule has 0 saturated heterocycles. The van der Waals surface area contributed by atoms with E-state index >= 15 is 0 Å². The van der Waals surface area contributed by atoms with Gasteiger partial charge in [0.1, 0.15) is 0 Å². The number of nitrogens with one attached hydrogen (secondary N) is 1. The van der Waals surface area contributed by atoms with Gasteiger partial charge in [0.25, 0.3) is 0 Å². The minimum atomic E-state index is -0.934. The summed E-state index contributed by atoms with van der Waals surface area (Å²) in [6.07, 6.45) is 5.44. The van der Waals surface area contributed by atoms with E-state index in [0.717, 1.165) is 42.1 Å². The van der Waals surface area contributed by atoms with Gasteiger partial charge in [-0.3, -0.25) is 4.79 Å². The normalized spacial score (nSPS) is 15.6. The first-order valence-corrected chi connectivity index (χ1v) is 7.71. The van der Waals surface area contributed by atoms with Crippen LogP contribution in [0, 0.1) is 5.92 Å². The number of aromatic carboxylic acids is 1. The van der Waals surface area contributed by atoms with Crippen molar-refractivity contribution in [1.82, 2.24) is 0 Å². The smallest absolute Gasteiger partial charge is 0.335 e. The number of fused-ring (bicyclic) bond motifs is 1. The van der Waals surface area contributed by atoms with Gasteiger partial charge in [0.15, 0.2) is 0 Å². The lowest BCUT2D eigenvalue weighted by Gasteiger charge is -2.20. The second-order valence-corrected chi connectivity index (χ2v) is 5.91. The molecule has 0 unspecified atom stereocenters. The summed E-state index contributed by atoms with van der Waals surface area (Å²) in [7, 11) is 0. The van der Waals surface area contributed by atoms with Crippen LogP contribution in [0.5, 0.6) is 0 Å². The molecule has 4 heteroatoms. The Balaban J connectivity index is 1.78. The van der Waals surface area contributed by atoms with E-state index < -0.39 is 5.97 Å². The largest absolute Gasteiger partial charge is 0.478 e. The minimum absolute atomic E-state index is 0.0983. The molecule has 0 aromatic heterocycles. The van der Waals surface area contributed by atoms with E-state index in [0.29, 0.717) is 0 Å². The first-order chi connectivity index (χ1) is 10.6. The summed E-state index contributed by atoms with van der Waals surface area (Å²) < 4.78 is 0. The molecule has 0 atom stereocenters. The molecule has 114 valence electrons. The predicted octanol–water partition coefficient (Wildman–Crippen LogP) is 4.06. The Morgan fingerprint density at radius 2 is 1.64 bits per heavy atom. The average Bonchev–Trinajstić information content (AvgIpc) is 2.55. The van der Waals surface area contributed by atoms with Crippen LogP contribution < -0.4 is 5.32 Å². The van der Waals surface area contributed by atoms with E-state index in [9.17, 15) is 9.59 Å². The maximum absolute atomic E-state index is 12.3. The monoisotopic (exact) mass is 297 g/mol. The van der Waals surface area contributed by atoms with Crippen molar-refractivity contribution in [2.75, 3.05) is 5.32 Å². The molecule has 0 bridgehead atoms. The number of rotatable bonds is 3. The molecule has 1 fully saturated rings. The van der Waals surface area contributed by atoms with Crippen molar-refractivity contribution < 1.29 is 14.7 Å². The summed E-state index contributed by atoms with van der Waals surface area (Å²) >= 11 is 0.